The van der Waals surface area contributed by atoms with Gasteiger partial charge in [0, 0.05) is 19.8 Å². The first-order valence-corrected chi connectivity index (χ1v) is 11.3. The first kappa shape index (κ1) is 22.8. The summed E-state index contributed by atoms with van der Waals surface area (Å²) in [5.41, 5.74) is 1.26. The highest BCUT2D eigenvalue weighted by Crippen LogP contribution is 2.27. The molecule has 31 heavy (non-hydrogen) atoms. The normalized spacial score (nSPS) is 11.4. The maximum atomic E-state index is 12.6. The lowest BCUT2D eigenvalue weighted by Crippen LogP contribution is -2.22. The van der Waals surface area contributed by atoms with Crippen molar-refractivity contribution >= 4 is 63.5 Å². The van der Waals surface area contributed by atoms with E-state index < -0.39 is 11.9 Å². The zero-order valence-electron chi connectivity index (χ0n) is 16.5. The molecule has 3 aromatic rings. The number of thioether (sulfide) groups is 1. The SMILES string of the molecule is CC(Sc1cccc(NC(=O)c2ccccc2C(=O)O)c1)C(=O)Nc1ccc(I)cc1. The highest BCUT2D eigenvalue weighted by molar-refractivity contribution is 14.1. The van der Waals surface area contributed by atoms with E-state index in [2.05, 4.69) is 33.2 Å². The van der Waals surface area contributed by atoms with E-state index in [0.29, 0.717) is 5.69 Å². The second-order valence-corrected chi connectivity index (χ2v) is 9.25. The van der Waals surface area contributed by atoms with Crippen molar-refractivity contribution in [2.24, 2.45) is 0 Å². The largest absolute Gasteiger partial charge is 0.478 e. The Morgan fingerprint density at radius 3 is 2.23 bits per heavy atom. The van der Waals surface area contributed by atoms with Crippen LogP contribution in [0.15, 0.2) is 77.7 Å². The van der Waals surface area contributed by atoms with E-state index in [9.17, 15) is 19.5 Å². The summed E-state index contributed by atoms with van der Waals surface area (Å²) in [5, 5.41) is 14.5. The lowest BCUT2D eigenvalue weighted by molar-refractivity contribution is -0.115. The smallest absolute Gasteiger partial charge is 0.336 e. The summed E-state index contributed by atoms with van der Waals surface area (Å²) in [4.78, 5) is 37.2. The number of benzene rings is 3. The Kier molecular flexibility index (Phi) is 7.69. The summed E-state index contributed by atoms with van der Waals surface area (Å²) in [6.07, 6.45) is 0. The van der Waals surface area contributed by atoms with Crippen LogP contribution in [0.1, 0.15) is 27.6 Å². The summed E-state index contributed by atoms with van der Waals surface area (Å²) in [5.74, 6) is -1.80. The van der Waals surface area contributed by atoms with Crippen LogP contribution in [0.4, 0.5) is 11.4 Å². The molecule has 3 N–H and O–H groups in total. The summed E-state index contributed by atoms with van der Waals surface area (Å²) in [7, 11) is 0. The maximum absolute atomic E-state index is 12.6. The summed E-state index contributed by atoms with van der Waals surface area (Å²) >= 11 is 3.56. The predicted octanol–water partition coefficient (Wildman–Crippen LogP) is 5.36. The average Bonchev–Trinajstić information content (AvgIpc) is 2.75. The number of carbonyl (C=O) groups excluding carboxylic acids is 2. The lowest BCUT2D eigenvalue weighted by Gasteiger charge is -2.13. The zero-order chi connectivity index (χ0) is 22.4. The van der Waals surface area contributed by atoms with E-state index in [1.54, 1.807) is 37.3 Å². The molecule has 3 aromatic carbocycles. The Bertz CT molecular complexity index is 1120. The van der Waals surface area contributed by atoms with E-state index in [4.69, 9.17) is 0 Å². The third kappa shape index (κ3) is 6.31. The van der Waals surface area contributed by atoms with Gasteiger partial charge < -0.3 is 15.7 Å². The summed E-state index contributed by atoms with van der Waals surface area (Å²) in [6.45, 7) is 1.81. The molecule has 0 bridgehead atoms. The van der Waals surface area contributed by atoms with Gasteiger partial charge in [-0.3, -0.25) is 9.59 Å². The molecule has 0 fully saturated rings. The van der Waals surface area contributed by atoms with Gasteiger partial charge in [-0.25, -0.2) is 4.79 Å². The summed E-state index contributed by atoms with van der Waals surface area (Å²) in [6, 6.07) is 20.6. The summed E-state index contributed by atoms with van der Waals surface area (Å²) < 4.78 is 1.09. The van der Waals surface area contributed by atoms with E-state index in [-0.39, 0.29) is 22.3 Å². The van der Waals surface area contributed by atoms with Crippen molar-refractivity contribution in [1.82, 2.24) is 0 Å². The van der Waals surface area contributed by atoms with Crippen molar-refractivity contribution in [3.63, 3.8) is 0 Å². The van der Waals surface area contributed by atoms with Crippen molar-refractivity contribution in [3.05, 3.63) is 87.5 Å². The van der Waals surface area contributed by atoms with Gasteiger partial charge in [-0.05, 0) is 84.1 Å². The van der Waals surface area contributed by atoms with Gasteiger partial charge in [-0.15, -0.1) is 11.8 Å². The number of carboxylic acids is 1. The van der Waals surface area contributed by atoms with Gasteiger partial charge >= 0.3 is 5.97 Å². The second kappa shape index (κ2) is 10.5. The van der Waals surface area contributed by atoms with Crippen molar-refractivity contribution in [2.75, 3.05) is 10.6 Å². The molecular weight excluding hydrogens is 527 g/mol. The second-order valence-electron chi connectivity index (χ2n) is 6.59. The predicted molar refractivity (Wildman–Crippen MR) is 131 cm³/mol. The van der Waals surface area contributed by atoms with E-state index >= 15 is 0 Å². The molecule has 0 heterocycles. The van der Waals surface area contributed by atoms with Crippen molar-refractivity contribution in [3.8, 4) is 0 Å². The quantitative estimate of drug-likeness (QED) is 0.274. The minimum atomic E-state index is -1.16. The number of anilines is 2. The molecule has 6 nitrogen and oxygen atoms in total. The fourth-order valence-electron chi connectivity index (χ4n) is 2.75. The Morgan fingerprint density at radius 1 is 0.871 bits per heavy atom. The number of aromatic carboxylic acids is 1. The monoisotopic (exact) mass is 546 g/mol. The number of hydrogen-bond acceptors (Lipinski definition) is 4. The van der Waals surface area contributed by atoms with Crippen LogP contribution in [0.3, 0.4) is 0 Å². The van der Waals surface area contributed by atoms with Gasteiger partial charge in [-0.1, -0.05) is 18.2 Å². The Labute approximate surface area is 197 Å². The molecule has 0 aliphatic heterocycles. The average molecular weight is 546 g/mol. The van der Waals surface area contributed by atoms with Crippen LogP contribution in [0.5, 0.6) is 0 Å². The first-order chi connectivity index (χ1) is 14.8. The number of rotatable bonds is 7. The van der Waals surface area contributed by atoms with E-state index in [0.717, 1.165) is 14.2 Å². The number of halogens is 1. The molecule has 2 amide bonds. The first-order valence-electron chi connectivity index (χ1n) is 9.30. The van der Waals surface area contributed by atoms with Gasteiger partial charge in [0.1, 0.15) is 0 Å². The Balaban J connectivity index is 1.66. The third-order valence-electron chi connectivity index (χ3n) is 4.29. The number of nitrogens with one attached hydrogen (secondary N) is 2. The van der Waals surface area contributed by atoms with Crippen LogP contribution in [-0.2, 0) is 4.79 Å². The standard InChI is InChI=1S/C23H19IN2O4S/c1-14(21(27)25-16-11-9-15(24)10-12-16)31-18-6-4-5-17(13-18)26-22(28)19-7-2-3-8-20(19)23(29)30/h2-14H,1H3,(H,25,27)(H,26,28)(H,29,30). The van der Waals surface area contributed by atoms with Crippen LogP contribution in [0.25, 0.3) is 0 Å². The molecule has 158 valence electrons. The Hall–Kier alpha value is -2.85. The molecule has 1 unspecified atom stereocenters. The van der Waals surface area contributed by atoms with Gasteiger partial charge in [0.15, 0.2) is 0 Å². The van der Waals surface area contributed by atoms with Crippen LogP contribution in [0.2, 0.25) is 0 Å². The lowest BCUT2D eigenvalue weighted by atomic mass is 10.1. The molecule has 0 aromatic heterocycles. The molecule has 8 heteroatoms. The minimum absolute atomic E-state index is 0.0635. The molecule has 3 rings (SSSR count). The van der Waals surface area contributed by atoms with Crippen molar-refractivity contribution < 1.29 is 19.5 Å². The third-order valence-corrected chi connectivity index (χ3v) is 6.10. The highest BCUT2D eigenvalue weighted by atomic mass is 127. The van der Waals surface area contributed by atoms with Crippen LogP contribution < -0.4 is 10.6 Å². The molecule has 0 aliphatic carbocycles. The Morgan fingerprint density at radius 2 is 1.55 bits per heavy atom. The van der Waals surface area contributed by atoms with Crippen molar-refractivity contribution in [1.29, 1.82) is 0 Å². The number of carboxylic acid groups (broad SMARTS) is 1. The van der Waals surface area contributed by atoms with E-state index in [1.165, 1.54) is 23.9 Å². The highest BCUT2D eigenvalue weighted by Gasteiger charge is 2.17. The fraction of sp³-hybridized carbons (Fsp3) is 0.0870. The van der Waals surface area contributed by atoms with Gasteiger partial charge in [0.2, 0.25) is 5.91 Å². The minimum Gasteiger partial charge on any atom is -0.478 e. The van der Waals surface area contributed by atoms with Gasteiger partial charge in [0.05, 0.1) is 16.4 Å². The molecule has 0 aliphatic rings. The van der Waals surface area contributed by atoms with Gasteiger partial charge in [-0.2, -0.15) is 0 Å². The molecule has 1 atom stereocenters. The number of hydrogen-bond donors (Lipinski definition) is 3. The number of carbonyl (C=O) groups is 3. The van der Waals surface area contributed by atoms with Crippen LogP contribution in [-0.4, -0.2) is 28.1 Å². The molecular formula is C23H19IN2O4S. The fourth-order valence-corrected chi connectivity index (χ4v) is 4.03. The zero-order valence-corrected chi connectivity index (χ0v) is 19.4. The molecule has 0 spiro atoms. The van der Waals surface area contributed by atoms with Crippen LogP contribution >= 0.6 is 34.4 Å². The molecule has 0 radical (unpaired) electrons. The maximum Gasteiger partial charge on any atom is 0.336 e. The van der Waals surface area contributed by atoms with Crippen LogP contribution in [0, 0.1) is 3.57 Å². The van der Waals surface area contributed by atoms with Crippen molar-refractivity contribution in [2.45, 2.75) is 17.1 Å². The topological polar surface area (TPSA) is 95.5 Å². The molecule has 0 saturated carbocycles. The van der Waals surface area contributed by atoms with E-state index in [1.807, 2.05) is 30.3 Å². The van der Waals surface area contributed by atoms with Gasteiger partial charge in [0.25, 0.3) is 5.91 Å². The molecule has 0 saturated heterocycles. The number of amides is 2.